The summed E-state index contributed by atoms with van der Waals surface area (Å²) in [5.41, 5.74) is -2.30. The van der Waals surface area contributed by atoms with Gasteiger partial charge in [-0.3, -0.25) is 14.4 Å². The van der Waals surface area contributed by atoms with Gasteiger partial charge in [-0.15, -0.1) is 0 Å². The minimum absolute atomic E-state index is 0.0000649. The number of likely N-dealkylation sites (tertiary alicyclic amines) is 1. The zero-order valence-corrected chi connectivity index (χ0v) is 20.9. The lowest BCUT2D eigenvalue weighted by Crippen LogP contribution is -2.61. The number of nitrogens with zero attached hydrogens (tertiary/aromatic N) is 1. The second-order valence-corrected chi connectivity index (χ2v) is 11.8. The second kappa shape index (κ2) is 7.97. The molecule has 0 aromatic carbocycles. The first kappa shape index (κ1) is 25.0. The van der Waals surface area contributed by atoms with Crippen LogP contribution >= 0.6 is 0 Å². The summed E-state index contributed by atoms with van der Waals surface area (Å²) in [5.74, 6) is -2.15. The van der Waals surface area contributed by atoms with E-state index in [0.29, 0.717) is 19.3 Å². The third-order valence-corrected chi connectivity index (χ3v) is 7.57. The molecular formula is C24H41N3O5. The van der Waals surface area contributed by atoms with Crippen LogP contribution in [0.5, 0.6) is 0 Å². The Labute approximate surface area is 191 Å². The van der Waals surface area contributed by atoms with Crippen LogP contribution in [0.15, 0.2) is 0 Å². The molecule has 3 aliphatic rings. The summed E-state index contributed by atoms with van der Waals surface area (Å²) in [7, 11) is 1.57. The lowest BCUT2D eigenvalue weighted by Gasteiger charge is -2.39. The number of carbonyl (C=O) groups is 3. The molecule has 0 saturated carbocycles. The molecule has 8 nitrogen and oxygen atoms in total. The third kappa shape index (κ3) is 3.73. The summed E-state index contributed by atoms with van der Waals surface area (Å²) in [5, 5.41) is 15.8. The van der Waals surface area contributed by atoms with Crippen molar-refractivity contribution in [3.05, 3.63) is 0 Å². The van der Waals surface area contributed by atoms with Crippen LogP contribution in [0.3, 0.4) is 0 Å². The molecule has 0 aromatic rings. The number of hydrogen-bond donors (Lipinski definition) is 3. The molecule has 0 aliphatic carbocycles. The molecule has 6 atom stereocenters. The number of aliphatic hydroxyl groups is 1. The van der Waals surface area contributed by atoms with Crippen LogP contribution in [-0.4, -0.2) is 70.2 Å². The maximum Gasteiger partial charge on any atom is 0.246 e. The van der Waals surface area contributed by atoms with Gasteiger partial charge in [0.05, 0.1) is 30.1 Å². The zero-order chi connectivity index (χ0) is 24.3. The Balaban J connectivity index is 2.05. The van der Waals surface area contributed by atoms with E-state index < -0.39 is 40.7 Å². The van der Waals surface area contributed by atoms with Crippen LogP contribution in [-0.2, 0) is 19.1 Å². The van der Waals surface area contributed by atoms with Crippen molar-refractivity contribution in [2.24, 2.45) is 17.3 Å². The molecule has 3 fully saturated rings. The van der Waals surface area contributed by atoms with E-state index in [9.17, 15) is 19.5 Å². The van der Waals surface area contributed by atoms with Crippen molar-refractivity contribution >= 4 is 17.7 Å². The SMILES string of the molecule is CC[C@]12CCC3(O1)C(C(=O)NC(C)(C)CC(C)(C)C)N([C@H](C)CO)C(=O)[C@@H]3[C@H]2C(=O)NC. The van der Waals surface area contributed by atoms with Crippen molar-refractivity contribution in [3.63, 3.8) is 0 Å². The van der Waals surface area contributed by atoms with Crippen molar-refractivity contribution in [3.8, 4) is 0 Å². The van der Waals surface area contributed by atoms with E-state index in [2.05, 4.69) is 31.4 Å². The lowest BCUT2D eigenvalue weighted by atomic mass is 9.65. The predicted molar refractivity (Wildman–Crippen MR) is 121 cm³/mol. The fourth-order valence-electron chi connectivity index (χ4n) is 6.84. The Morgan fingerprint density at radius 1 is 1.22 bits per heavy atom. The maximum absolute atomic E-state index is 13.8. The van der Waals surface area contributed by atoms with Gasteiger partial charge in [-0.25, -0.2) is 0 Å². The third-order valence-electron chi connectivity index (χ3n) is 7.57. The molecule has 3 amide bonds. The number of ether oxygens (including phenoxy) is 1. The summed E-state index contributed by atoms with van der Waals surface area (Å²) in [6.07, 6.45) is 2.51. The molecule has 32 heavy (non-hydrogen) atoms. The smallest absolute Gasteiger partial charge is 0.246 e. The molecule has 3 heterocycles. The van der Waals surface area contributed by atoms with Crippen LogP contribution < -0.4 is 10.6 Å². The first-order valence-corrected chi connectivity index (χ1v) is 11.9. The fourth-order valence-corrected chi connectivity index (χ4v) is 6.84. The molecule has 3 N–H and O–H groups in total. The van der Waals surface area contributed by atoms with Gasteiger partial charge in [0.2, 0.25) is 17.7 Å². The molecule has 0 radical (unpaired) electrons. The Hall–Kier alpha value is -1.67. The van der Waals surface area contributed by atoms with Gasteiger partial charge in [0.1, 0.15) is 11.6 Å². The topological polar surface area (TPSA) is 108 Å². The van der Waals surface area contributed by atoms with E-state index in [-0.39, 0.29) is 29.7 Å². The number of fused-ring (bicyclic) bond motifs is 1. The van der Waals surface area contributed by atoms with Gasteiger partial charge in [-0.1, -0.05) is 27.7 Å². The van der Waals surface area contributed by atoms with Crippen molar-refractivity contribution in [2.75, 3.05) is 13.7 Å². The van der Waals surface area contributed by atoms with Crippen LogP contribution in [0, 0.1) is 17.3 Å². The summed E-state index contributed by atoms with van der Waals surface area (Å²) >= 11 is 0. The highest BCUT2D eigenvalue weighted by Crippen LogP contribution is 2.64. The Kier molecular flexibility index (Phi) is 6.22. The standard InChI is InChI=1S/C24H41N3O5/c1-9-23-10-11-24(32-23)16(15(23)18(29)25-8)20(31)27(14(2)12-28)17(24)19(30)26-22(6,7)13-21(3,4)5/h14-17,28H,9-13H2,1-8H3,(H,25,29)(H,26,30)/t14-,15+,16+,17?,23-,24?/m1/s1. The first-order chi connectivity index (χ1) is 14.7. The highest BCUT2D eigenvalue weighted by molar-refractivity contribution is 5.99. The molecule has 8 heteroatoms. The highest BCUT2D eigenvalue weighted by atomic mass is 16.5. The van der Waals surface area contributed by atoms with Crippen molar-refractivity contribution in [1.29, 1.82) is 0 Å². The minimum atomic E-state index is -1.06. The Morgan fingerprint density at radius 2 is 1.84 bits per heavy atom. The molecule has 182 valence electrons. The Morgan fingerprint density at radius 3 is 2.34 bits per heavy atom. The molecule has 3 rings (SSSR count). The molecule has 0 aromatic heterocycles. The van der Waals surface area contributed by atoms with E-state index in [1.807, 2.05) is 20.8 Å². The lowest BCUT2D eigenvalue weighted by molar-refractivity contribution is -0.151. The van der Waals surface area contributed by atoms with E-state index in [0.717, 1.165) is 6.42 Å². The summed E-state index contributed by atoms with van der Waals surface area (Å²) in [6, 6.07) is -1.45. The normalized spacial score (nSPS) is 35.1. The predicted octanol–water partition coefficient (Wildman–Crippen LogP) is 1.60. The van der Waals surface area contributed by atoms with Gasteiger partial charge in [0, 0.05) is 12.6 Å². The van der Waals surface area contributed by atoms with Crippen LogP contribution in [0.2, 0.25) is 0 Å². The van der Waals surface area contributed by atoms with E-state index in [1.54, 1.807) is 14.0 Å². The molecule has 3 aliphatic heterocycles. The maximum atomic E-state index is 13.8. The van der Waals surface area contributed by atoms with Crippen LogP contribution in [0.1, 0.15) is 74.1 Å². The van der Waals surface area contributed by atoms with Crippen LogP contribution in [0.25, 0.3) is 0 Å². The van der Waals surface area contributed by atoms with Crippen molar-refractivity contribution < 1.29 is 24.2 Å². The first-order valence-electron chi connectivity index (χ1n) is 11.9. The highest BCUT2D eigenvalue weighted by Gasteiger charge is 2.79. The molecular weight excluding hydrogens is 410 g/mol. The molecule has 1 spiro atoms. The van der Waals surface area contributed by atoms with E-state index in [1.165, 1.54) is 4.90 Å². The quantitative estimate of drug-likeness (QED) is 0.545. The van der Waals surface area contributed by atoms with Gasteiger partial charge < -0.3 is 25.4 Å². The number of rotatable bonds is 7. The van der Waals surface area contributed by atoms with Crippen molar-refractivity contribution in [1.82, 2.24) is 15.5 Å². The number of hydrogen-bond acceptors (Lipinski definition) is 5. The number of aliphatic hydroxyl groups excluding tert-OH is 1. The minimum Gasteiger partial charge on any atom is -0.394 e. The fraction of sp³-hybridized carbons (Fsp3) is 0.875. The van der Waals surface area contributed by atoms with Gasteiger partial charge in [0.25, 0.3) is 0 Å². The summed E-state index contributed by atoms with van der Waals surface area (Å²) in [6.45, 7) is 13.8. The molecule has 2 bridgehead atoms. The van der Waals surface area contributed by atoms with E-state index in [4.69, 9.17) is 4.74 Å². The molecule has 2 unspecified atom stereocenters. The summed E-state index contributed by atoms with van der Waals surface area (Å²) < 4.78 is 6.63. The Bertz CT molecular complexity index is 791. The average Bonchev–Trinajstić information content (AvgIpc) is 3.28. The van der Waals surface area contributed by atoms with Crippen LogP contribution in [0.4, 0.5) is 0 Å². The van der Waals surface area contributed by atoms with E-state index >= 15 is 0 Å². The monoisotopic (exact) mass is 451 g/mol. The van der Waals surface area contributed by atoms with Gasteiger partial charge >= 0.3 is 0 Å². The second-order valence-electron chi connectivity index (χ2n) is 11.8. The number of amides is 3. The van der Waals surface area contributed by atoms with Gasteiger partial charge in [-0.2, -0.15) is 0 Å². The number of carbonyl (C=O) groups excluding carboxylic acids is 3. The zero-order valence-electron chi connectivity index (χ0n) is 20.9. The van der Waals surface area contributed by atoms with Crippen molar-refractivity contribution in [2.45, 2.75) is 103 Å². The van der Waals surface area contributed by atoms with Gasteiger partial charge in [0.15, 0.2) is 0 Å². The summed E-state index contributed by atoms with van der Waals surface area (Å²) in [4.78, 5) is 42.0. The molecule has 3 saturated heterocycles. The largest absolute Gasteiger partial charge is 0.394 e. The van der Waals surface area contributed by atoms with Gasteiger partial charge in [-0.05, 0) is 51.9 Å². The number of nitrogens with one attached hydrogen (secondary N) is 2. The average molecular weight is 452 g/mol.